The Morgan fingerprint density at radius 2 is 2.00 bits per heavy atom. The summed E-state index contributed by atoms with van der Waals surface area (Å²) >= 11 is 6.25. The summed E-state index contributed by atoms with van der Waals surface area (Å²) in [7, 11) is 0. The molecule has 124 valence electrons. The van der Waals surface area contributed by atoms with Crippen LogP contribution in [-0.4, -0.2) is 18.4 Å². The summed E-state index contributed by atoms with van der Waals surface area (Å²) in [5.41, 5.74) is 2.72. The van der Waals surface area contributed by atoms with E-state index in [9.17, 15) is 9.59 Å². The molecule has 2 amide bonds. The molecule has 1 saturated heterocycles. The minimum Gasteiger partial charge on any atom is -0.351 e. The smallest absolute Gasteiger partial charge is 0.239 e. The van der Waals surface area contributed by atoms with E-state index in [1.165, 1.54) is 0 Å². The molecule has 0 saturated carbocycles. The lowest BCUT2D eigenvalue weighted by Gasteiger charge is -2.18. The molecule has 2 aromatic rings. The molecule has 24 heavy (non-hydrogen) atoms. The highest BCUT2D eigenvalue weighted by Gasteiger charge is 2.38. The third kappa shape index (κ3) is 3.44. The van der Waals surface area contributed by atoms with Gasteiger partial charge >= 0.3 is 0 Å². The predicted molar refractivity (Wildman–Crippen MR) is 94.9 cm³/mol. The zero-order valence-electron chi connectivity index (χ0n) is 13.5. The Morgan fingerprint density at radius 1 is 1.25 bits per heavy atom. The molecule has 3 rings (SSSR count). The van der Waals surface area contributed by atoms with E-state index in [1.807, 2.05) is 55.5 Å². The second-order valence-electron chi connectivity index (χ2n) is 5.99. The van der Waals surface area contributed by atoms with Crippen molar-refractivity contribution in [3.05, 3.63) is 64.7 Å². The van der Waals surface area contributed by atoms with Crippen molar-refractivity contribution in [1.29, 1.82) is 0 Å². The second kappa shape index (κ2) is 7.05. The van der Waals surface area contributed by atoms with Crippen LogP contribution in [0.15, 0.2) is 48.5 Å². The third-order valence-electron chi connectivity index (χ3n) is 4.23. The van der Waals surface area contributed by atoms with Crippen LogP contribution in [0.25, 0.3) is 0 Å². The van der Waals surface area contributed by atoms with Gasteiger partial charge in [-0.2, -0.15) is 0 Å². The second-order valence-corrected chi connectivity index (χ2v) is 6.40. The summed E-state index contributed by atoms with van der Waals surface area (Å²) in [6.45, 7) is 2.88. The third-order valence-corrected chi connectivity index (χ3v) is 4.53. The van der Waals surface area contributed by atoms with Crippen LogP contribution in [0.2, 0.25) is 5.02 Å². The van der Waals surface area contributed by atoms with Gasteiger partial charge in [0.15, 0.2) is 0 Å². The van der Waals surface area contributed by atoms with Crippen molar-refractivity contribution < 1.29 is 9.59 Å². The van der Waals surface area contributed by atoms with E-state index in [4.69, 9.17) is 11.6 Å². The van der Waals surface area contributed by atoms with Crippen molar-refractivity contribution in [2.24, 2.45) is 5.92 Å². The highest BCUT2D eigenvalue weighted by atomic mass is 35.5. The van der Waals surface area contributed by atoms with E-state index in [-0.39, 0.29) is 11.8 Å². The molecule has 1 aliphatic rings. The molecule has 0 aromatic heterocycles. The van der Waals surface area contributed by atoms with Crippen LogP contribution >= 0.6 is 11.6 Å². The first-order chi connectivity index (χ1) is 11.6. The molecule has 4 nitrogen and oxygen atoms in total. The number of hydrogen-bond acceptors (Lipinski definition) is 2. The number of hydrogen-bond donors (Lipinski definition) is 1. The number of rotatable bonds is 4. The lowest BCUT2D eigenvalue weighted by molar-refractivity contribution is -0.132. The Kier molecular flexibility index (Phi) is 4.86. The molecule has 0 aliphatic carbocycles. The van der Waals surface area contributed by atoms with Crippen LogP contribution in [0.3, 0.4) is 0 Å². The van der Waals surface area contributed by atoms with Crippen molar-refractivity contribution in [1.82, 2.24) is 5.32 Å². The Labute approximate surface area is 146 Å². The molecule has 1 fully saturated rings. The van der Waals surface area contributed by atoms with Crippen LogP contribution in [0.1, 0.15) is 17.5 Å². The van der Waals surface area contributed by atoms with E-state index in [1.54, 1.807) is 4.90 Å². The highest BCUT2D eigenvalue weighted by Crippen LogP contribution is 2.32. The topological polar surface area (TPSA) is 49.4 Å². The molecule has 0 spiro atoms. The maximum Gasteiger partial charge on any atom is 0.239 e. The zero-order chi connectivity index (χ0) is 17.1. The summed E-state index contributed by atoms with van der Waals surface area (Å²) in [4.78, 5) is 26.6. The van der Waals surface area contributed by atoms with Crippen LogP contribution in [0, 0.1) is 12.8 Å². The van der Waals surface area contributed by atoms with E-state index in [2.05, 4.69) is 5.32 Å². The van der Waals surface area contributed by atoms with Crippen molar-refractivity contribution >= 4 is 29.1 Å². The fraction of sp³-hybridized carbons (Fsp3) is 0.263. The standard InChI is InChI=1S/C19H19ClN2O2/c1-13-7-8-17(16(20)11-13)22-10-9-15(19(22)24)18(23)21-12-14-5-3-2-4-6-14/h2-8,11,15H,9-10,12H2,1H3,(H,21,23). The van der Waals surface area contributed by atoms with Gasteiger partial charge in [0.1, 0.15) is 5.92 Å². The largest absolute Gasteiger partial charge is 0.351 e. The number of amides is 2. The molecule has 0 bridgehead atoms. The molecular weight excluding hydrogens is 324 g/mol. The number of nitrogens with one attached hydrogen (secondary N) is 1. The molecule has 1 aliphatic heterocycles. The molecule has 1 atom stereocenters. The average molecular weight is 343 g/mol. The Balaban J connectivity index is 1.66. The van der Waals surface area contributed by atoms with Gasteiger partial charge in [-0.25, -0.2) is 0 Å². The summed E-state index contributed by atoms with van der Waals surface area (Å²) in [5.74, 6) is -1.06. The number of aryl methyl sites for hydroxylation is 1. The van der Waals surface area contributed by atoms with Crippen LogP contribution in [0.4, 0.5) is 5.69 Å². The first kappa shape index (κ1) is 16.5. The number of anilines is 1. The molecule has 0 radical (unpaired) electrons. The maximum atomic E-state index is 12.6. The molecular formula is C19H19ClN2O2. The van der Waals surface area contributed by atoms with E-state index in [0.717, 1.165) is 11.1 Å². The van der Waals surface area contributed by atoms with E-state index in [0.29, 0.717) is 30.2 Å². The Bertz CT molecular complexity index is 761. The number of carbonyl (C=O) groups is 2. The number of nitrogens with zero attached hydrogens (tertiary/aromatic N) is 1. The van der Waals surface area contributed by atoms with E-state index < -0.39 is 5.92 Å². The molecule has 1 unspecified atom stereocenters. The van der Waals surface area contributed by atoms with Gasteiger partial charge in [0, 0.05) is 13.1 Å². The first-order valence-corrected chi connectivity index (χ1v) is 8.33. The van der Waals surface area contributed by atoms with Gasteiger partial charge in [-0.1, -0.05) is 48.0 Å². The Morgan fingerprint density at radius 3 is 2.71 bits per heavy atom. The SMILES string of the molecule is Cc1ccc(N2CCC(C(=O)NCc3ccccc3)C2=O)c(Cl)c1. The summed E-state index contributed by atoms with van der Waals surface area (Å²) in [6, 6.07) is 15.2. The van der Waals surface area contributed by atoms with Gasteiger partial charge in [0.2, 0.25) is 11.8 Å². The van der Waals surface area contributed by atoms with Crippen molar-refractivity contribution in [2.45, 2.75) is 19.9 Å². The van der Waals surface area contributed by atoms with Crippen molar-refractivity contribution in [3.8, 4) is 0 Å². The van der Waals surface area contributed by atoms with Crippen LogP contribution in [-0.2, 0) is 16.1 Å². The number of benzene rings is 2. The lowest BCUT2D eigenvalue weighted by Crippen LogP contribution is -2.36. The maximum absolute atomic E-state index is 12.6. The first-order valence-electron chi connectivity index (χ1n) is 7.95. The highest BCUT2D eigenvalue weighted by molar-refractivity contribution is 6.34. The normalized spacial score (nSPS) is 17.2. The summed E-state index contributed by atoms with van der Waals surface area (Å²) in [6.07, 6.45) is 0.504. The monoisotopic (exact) mass is 342 g/mol. The predicted octanol–water partition coefficient (Wildman–Crippen LogP) is 3.32. The number of carbonyl (C=O) groups excluding carboxylic acids is 2. The Hall–Kier alpha value is -2.33. The summed E-state index contributed by atoms with van der Waals surface area (Å²) in [5, 5.41) is 3.38. The van der Waals surface area contributed by atoms with Gasteiger partial charge in [-0.05, 0) is 36.6 Å². The van der Waals surface area contributed by atoms with Crippen LogP contribution in [0.5, 0.6) is 0 Å². The fourth-order valence-electron chi connectivity index (χ4n) is 2.90. The fourth-order valence-corrected chi connectivity index (χ4v) is 3.24. The van der Waals surface area contributed by atoms with Gasteiger partial charge in [-0.15, -0.1) is 0 Å². The minimum absolute atomic E-state index is 0.189. The average Bonchev–Trinajstić information content (AvgIpc) is 2.95. The van der Waals surface area contributed by atoms with Crippen molar-refractivity contribution in [3.63, 3.8) is 0 Å². The quantitative estimate of drug-likeness (QED) is 0.866. The molecule has 2 aromatic carbocycles. The van der Waals surface area contributed by atoms with Gasteiger partial charge in [-0.3, -0.25) is 9.59 Å². The number of halogens is 1. The van der Waals surface area contributed by atoms with Gasteiger partial charge in [0.25, 0.3) is 0 Å². The van der Waals surface area contributed by atoms with Crippen LogP contribution < -0.4 is 10.2 Å². The van der Waals surface area contributed by atoms with Crippen molar-refractivity contribution in [2.75, 3.05) is 11.4 Å². The summed E-state index contributed by atoms with van der Waals surface area (Å²) < 4.78 is 0. The zero-order valence-corrected chi connectivity index (χ0v) is 14.2. The minimum atomic E-state index is -0.647. The molecule has 5 heteroatoms. The molecule has 1 heterocycles. The van der Waals surface area contributed by atoms with Gasteiger partial charge in [0.05, 0.1) is 10.7 Å². The van der Waals surface area contributed by atoms with Gasteiger partial charge < -0.3 is 10.2 Å². The lowest BCUT2D eigenvalue weighted by atomic mass is 10.1. The molecule has 1 N–H and O–H groups in total. The van der Waals surface area contributed by atoms with E-state index >= 15 is 0 Å².